The highest BCUT2D eigenvalue weighted by Crippen LogP contribution is 2.21. The Bertz CT molecular complexity index is 462. The molecule has 7 nitrogen and oxygen atoms in total. The predicted molar refractivity (Wildman–Crippen MR) is 99.4 cm³/mol. The van der Waals surface area contributed by atoms with Crippen LogP contribution in [0.15, 0.2) is 0 Å². The van der Waals surface area contributed by atoms with E-state index in [1.165, 1.54) is 0 Å². The SMILES string of the molecule is CC(C)(C)C1NC(=O)[C@@H](CN(O)C=O)CCCCCCCCCNC1=O. The second-order valence-corrected chi connectivity index (χ2v) is 8.29. The third-order valence-electron chi connectivity index (χ3n) is 4.84. The molecule has 1 saturated heterocycles. The van der Waals surface area contributed by atoms with Gasteiger partial charge >= 0.3 is 0 Å². The van der Waals surface area contributed by atoms with E-state index in [9.17, 15) is 19.6 Å². The average molecular weight is 370 g/mol. The van der Waals surface area contributed by atoms with E-state index in [0.29, 0.717) is 24.4 Å². The minimum absolute atomic E-state index is 0.0617. The van der Waals surface area contributed by atoms with Crippen LogP contribution in [0.3, 0.4) is 0 Å². The molecule has 0 bridgehead atoms. The third kappa shape index (κ3) is 8.17. The molecule has 7 heteroatoms. The van der Waals surface area contributed by atoms with Crippen molar-refractivity contribution < 1.29 is 19.6 Å². The van der Waals surface area contributed by atoms with Gasteiger partial charge in [-0.3, -0.25) is 19.6 Å². The Labute approximate surface area is 156 Å². The molecule has 1 fully saturated rings. The van der Waals surface area contributed by atoms with Gasteiger partial charge in [0.1, 0.15) is 6.04 Å². The Kier molecular flexibility index (Phi) is 9.62. The number of carbonyl (C=O) groups is 3. The van der Waals surface area contributed by atoms with Gasteiger partial charge in [0.05, 0.1) is 12.5 Å². The lowest BCUT2D eigenvalue weighted by Crippen LogP contribution is -2.55. The standard InChI is InChI=1S/C19H35N3O4/c1-19(2,3)16-18(25)20-12-10-8-6-4-5-7-9-11-15(17(24)21-16)13-22(26)14-23/h14-16,26H,4-13H2,1-3H3,(H,20,25)(H,21,24)/t15-,16?/m1/s1. The molecule has 0 aliphatic carbocycles. The molecule has 1 rings (SSSR count). The Morgan fingerprint density at radius 1 is 1.04 bits per heavy atom. The fraction of sp³-hybridized carbons (Fsp3) is 0.842. The Morgan fingerprint density at radius 3 is 2.19 bits per heavy atom. The number of nitrogens with zero attached hydrogens (tertiary/aromatic N) is 1. The van der Waals surface area contributed by atoms with Gasteiger partial charge in [-0.05, 0) is 18.3 Å². The van der Waals surface area contributed by atoms with Gasteiger partial charge in [-0.1, -0.05) is 59.3 Å². The van der Waals surface area contributed by atoms with Gasteiger partial charge in [0.2, 0.25) is 18.2 Å². The number of nitrogens with one attached hydrogen (secondary N) is 2. The molecule has 3 N–H and O–H groups in total. The molecule has 0 radical (unpaired) electrons. The second kappa shape index (κ2) is 11.2. The van der Waals surface area contributed by atoms with Crippen LogP contribution in [0.25, 0.3) is 0 Å². The van der Waals surface area contributed by atoms with Crippen LogP contribution in [-0.4, -0.2) is 47.6 Å². The number of rotatable bonds is 3. The van der Waals surface area contributed by atoms with E-state index in [0.717, 1.165) is 44.9 Å². The molecule has 1 aliphatic heterocycles. The van der Waals surface area contributed by atoms with E-state index in [-0.39, 0.29) is 18.4 Å². The summed E-state index contributed by atoms with van der Waals surface area (Å²) in [5.41, 5.74) is -0.443. The van der Waals surface area contributed by atoms with Gasteiger partial charge in [-0.25, -0.2) is 5.06 Å². The van der Waals surface area contributed by atoms with Crippen LogP contribution in [0.2, 0.25) is 0 Å². The summed E-state index contributed by atoms with van der Waals surface area (Å²) in [6.45, 7) is 6.27. The minimum Gasteiger partial charge on any atom is -0.354 e. The molecule has 0 aromatic rings. The Hall–Kier alpha value is -1.63. The van der Waals surface area contributed by atoms with Gasteiger partial charge in [0.15, 0.2) is 0 Å². The number of amides is 3. The number of hydrogen-bond acceptors (Lipinski definition) is 4. The van der Waals surface area contributed by atoms with Crippen molar-refractivity contribution in [2.24, 2.45) is 11.3 Å². The van der Waals surface area contributed by atoms with Gasteiger partial charge < -0.3 is 10.6 Å². The normalized spacial score (nSPS) is 24.6. The molecule has 150 valence electrons. The zero-order chi connectivity index (χ0) is 19.6. The first-order valence-electron chi connectivity index (χ1n) is 9.74. The van der Waals surface area contributed by atoms with Crippen LogP contribution in [0, 0.1) is 11.3 Å². The van der Waals surface area contributed by atoms with Gasteiger partial charge in [-0.15, -0.1) is 0 Å². The predicted octanol–water partition coefficient (Wildman–Crippen LogP) is 2.23. The van der Waals surface area contributed by atoms with Crippen molar-refractivity contribution in [3.8, 4) is 0 Å². The topological polar surface area (TPSA) is 98.7 Å². The van der Waals surface area contributed by atoms with Crippen LogP contribution in [-0.2, 0) is 14.4 Å². The number of hydrogen-bond donors (Lipinski definition) is 3. The van der Waals surface area contributed by atoms with Crippen LogP contribution in [0.5, 0.6) is 0 Å². The zero-order valence-corrected chi connectivity index (χ0v) is 16.4. The molecule has 1 unspecified atom stereocenters. The molecule has 1 heterocycles. The van der Waals surface area contributed by atoms with E-state index in [2.05, 4.69) is 10.6 Å². The lowest BCUT2D eigenvalue weighted by Gasteiger charge is -2.32. The fourth-order valence-electron chi connectivity index (χ4n) is 3.22. The lowest BCUT2D eigenvalue weighted by molar-refractivity contribution is -0.155. The summed E-state index contributed by atoms with van der Waals surface area (Å²) in [6.07, 6.45) is 8.21. The van der Waals surface area contributed by atoms with Crippen molar-refractivity contribution in [1.29, 1.82) is 0 Å². The molecule has 2 atom stereocenters. The first-order valence-corrected chi connectivity index (χ1v) is 9.74. The fourth-order valence-corrected chi connectivity index (χ4v) is 3.22. The largest absolute Gasteiger partial charge is 0.354 e. The summed E-state index contributed by atoms with van der Waals surface area (Å²) in [6, 6.07) is -0.661. The number of carbonyl (C=O) groups excluding carboxylic acids is 3. The summed E-state index contributed by atoms with van der Waals surface area (Å²) < 4.78 is 0. The van der Waals surface area contributed by atoms with Crippen molar-refractivity contribution in [1.82, 2.24) is 15.7 Å². The van der Waals surface area contributed by atoms with Crippen molar-refractivity contribution in [2.75, 3.05) is 13.1 Å². The lowest BCUT2D eigenvalue weighted by atomic mass is 9.85. The summed E-state index contributed by atoms with van der Waals surface area (Å²) in [5, 5.41) is 15.8. The maximum Gasteiger partial charge on any atom is 0.243 e. The summed E-state index contributed by atoms with van der Waals surface area (Å²) in [7, 11) is 0. The molecule has 1 aliphatic rings. The molecule has 0 spiro atoms. The highest BCUT2D eigenvalue weighted by atomic mass is 16.5. The van der Waals surface area contributed by atoms with Crippen LogP contribution < -0.4 is 10.6 Å². The monoisotopic (exact) mass is 369 g/mol. The second-order valence-electron chi connectivity index (χ2n) is 8.29. The summed E-state index contributed by atoms with van der Waals surface area (Å²) in [5.74, 6) is -1.01. The van der Waals surface area contributed by atoms with Crippen LogP contribution in [0.4, 0.5) is 0 Å². The van der Waals surface area contributed by atoms with E-state index in [1.807, 2.05) is 20.8 Å². The van der Waals surface area contributed by atoms with Crippen LogP contribution in [0.1, 0.15) is 72.1 Å². The molecular weight excluding hydrogens is 334 g/mol. The van der Waals surface area contributed by atoms with Gasteiger partial charge in [0.25, 0.3) is 0 Å². The van der Waals surface area contributed by atoms with E-state index in [4.69, 9.17) is 0 Å². The smallest absolute Gasteiger partial charge is 0.243 e. The first kappa shape index (κ1) is 22.4. The molecule has 0 aromatic carbocycles. The molecule has 0 aromatic heterocycles. The number of hydroxylamine groups is 2. The van der Waals surface area contributed by atoms with Crippen molar-refractivity contribution in [3.63, 3.8) is 0 Å². The molecule has 3 amide bonds. The maximum absolute atomic E-state index is 12.8. The van der Waals surface area contributed by atoms with Crippen molar-refractivity contribution >= 4 is 18.2 Å². The first-order chi connectivity index (χ1) is 12.3. The highest BCUT2D eigenvalue weighted by Gasteiger charge is 2.34. The minimum atomic E-state index is -0.661. The van der Waals surface area contributed by atoms with Crippen LogP contribution >= 0.6 is 0 Å². The Balaban J connectivity index is 2.90. The van der Waals surface area contributed by atoms with Gasteiger partial charge in [0, 0.05) is 6.54 Å². The quantitative estimate of drug-likeness (QED) is 0.404. The maximum atomic E-state index is 12.8. The van der Waals surface area contributed by atoms with E-state index >= 15 is 0 Å². The molecule has 26 heavy (non-hydrogen) atoms. The van der Waals surface area contributed by atoms with Crippen molar-refractivity contribution in [3.05, 3.63) is 0 Å². The van der Waals surface area contributed by atoms with E-state index in [1.54, 1.807) is 0 Å². The molecular formula is C19H35N3O4. The molecule has 0 saturated carbocycles. The average Bonchev–Trinajstić information content (AvgIpc) is 2.58. The van der Waals surface area contributed by atoms with E-state index < -0.39 is 17.4 Å². The summed E-state index contributed by atoms with van der Waals surface area (Å²) in [4.78, 5) is 36.1. The van der Waals surface area contributed by atoms with Gasteiger partial charge in [-0.2, -0.15) is 0 Å². The Morgan fingerprint density at radius 2 is 1.62 bits per heavy atom. The van der Waals surface area contributed by atoms with Crippen molar-refractivity contribution in [2.45, 2.75) is 78.2 Å². The summed E-state index contributed by atoms with van der Waals surface area (Å²) >= 11 is 0. The highest BCUT2D eigenvalue weighted by molar-refractivity contribution is 5.89. The third-order valence-corrected chi connectivity index (χ3v) is 4.84. The zero-order valence-electron chi connectivity index (χ0n) is 16.4.